The van der Waals surface area contributed by atoms with Gasteiger partial charge in [-0.1, -0.05) is 13.8 Å². The van der Waals surface area contributed by atoms with Crippen LogP contribution in [0.15, 0.2) is 10.9 Å². The summed E-state index contributed by atoms with van der Waals surface area (Å²) in [5.74, 6) is 2.08. The Morgan fingerprint density at radius 2 is 2.11 bits per heavy atom. The van der Waals surface area contributed by atoms with Crippen molar-refractivity contribution in [2.75, 3.05) is 17.3 Å². The highest BCUT2D eigenvalue weighted by molar-refractivity contribution is 7.84. The van der Waals surface area contributed by atoms with E-state index in [2.05, 4.69) is 15.3 Å². The first-order valence-corrected chi connectivity index (χ1v) is 7.79. The standard InChI is InChI=1S/C12H21N3O2S/c1-8(2)12-14-10(7-11(16)15-12)13-9(3)5-6-18(4)17/h7-9H,5-6H2,1-4H3,(H2,13,14,15,16). The predicted molar refractivity (Wildman–Crippen MR) is 75.6 cm³/mol. The van der Waals surface area contributed by atoms with E-state index in [1.54, 1.807) is 6.26 Å². The van der Waals surface area contributed by atoms with Crippen molar-refractivity contribution in [2.24, 2.45) is 0 Å². The van der Waals surface area contributed by atoms with E-state index in [1.807, 2.05) is 20.8 Å². The molecule has 0 radical (unpaired) electrons. The summed E-state index contributed by atoms with van der Waals surface area (Å²) < 4.78 is 11.0. The van der Waals surface area contributed by atoms with E-state index in [9.17, 15) is 9.00 Å². The Morgan fingerprint density at radius 1 is 1.44 bits per heavy atom. The fourth-order valence-electron chi connectivity index (χ4n) is 1.49. The number of nitrogens with zero attached hydrogens (tertiary/aromatic N) is 1. The predicted octanol–water partition coefficient (Wildman–Crippen LogP) is 1.46. The topological polar surface area (TPSA) is 74.8 Å². The van der Waals surface area contributed by atoms with Gasteiger partial charge >= 0.3 is 0 Å². The van der Waals surface area contributed by atoms with E-state index in [0.717, 1.165) is 6.42 Å². The Labute approximate surface area is 110 Å². The van der Waals surface area contributed by atoms with Crippen LogP contribution in [-0.4, -0.2) is 32.2 Å². The molecule has 0 amide bonds. The summed E-state index contributed by atoms with van der Waals surface area (Å²) in [6, 6.07) is 1.59. The second-order valence-electron chi connectivity index (χ2n) is 4.78. The van der Waals surface area contributed by atoms with Gasteiger partial charge in [-0.15, -0.1) is 0 Å². The first kappa shape index (κ1) is 14.9. The van der Waals surface area contributed by atoms with E-state index in [1.165, 1.54) is 6.07 Å². The van der Waals surface area contributed by atoms with Gasteiger partial charge in [0.05, 0.1) is 0 Å². The minimum absolute atomic E-state index is 0.142. The van der Waals surface area contributed by atoms with E-state index in [-0.39, 0.29) is 17.5 Å². The smallest absolute Gasteiger partial charge is 0.252 e. The van der Waals surface area contributed by atoms with Crippen molar-refractivity contribution in [2.45, 2.75) is 39.2 Å². The second kappa shape index (κ2) is 6.68. The van der Waals surface area contributed by atoms with Gasteiger partial charge in [-0.3, -0.25) is 9.00 Å². The number of anilines is 1. The molecule has 0 fully saturated rings. The minimum atomic E-state index is -0.789. The molecule has 1 heterocycles. The lowest BCUT2D eigenvalue weighted by molar-refractivity contribution is 0.677. The van der Waals surface area contributed by atoms with Gasteiger partial charge < -0.3 is 10.3 Å². The van der Waals surface area contributed by atoms with Crippen LogP contribution in [0.5, 0.6) is 0 Å². The highest BCUT2D eigenvalue weighted by Crippen LogP contribution is 2.10. The quantitative estimate of drug-likeness (QED) is 0.821. The zero-order valence-electron chi connectivity index (χ0n) is 11.3. The molecule has 0 aliphatic heterocycles. The maximum absolute atomic E-state index is 11.5. The van der Waals surface area contributed by atoms with Gasteiger partial charge in [-0.25, -0.2) is 4.98 Å². The van der Waals surface area contributed by atoms with Gasteiger partial charge in [0, 0.05) is 40.8 Å². The van der Waals surface area contributed by atoms with Crippen molar-refractivity contribution in [1.29, 1.82) is 0 Å². The summed E-state index contributed by atoms with van der Waals surface area (Å²) in [5, 5.41) is 3.17. The molecule has 6 heteroatoms. The Balaban J connectivity index is 2.72. The van der Waals surface area contributed by atoms with Crippen molar-refractivity contribution in [3.05, 3.63) is 22.2 Å². The molecule has 2 N–H and O–H groups in total. The molecule has 1 rings (SSSR count). The number of hydrogen-bond acceptors (Lipinski definition) is 4. The van der Waals surface area contributed by atoms with Crippen molar-refractivity contribution < 1.29 is 4.21 Å². The van der Waals surface area contributed by atoms with Crippen LogP contribution in [0.2, 0.25) is 0 Å². The van der Waals surface area contributed by atoms with Gasteiger partial charge in [0.25, 0.3) is 5.56 Å². The van der Waals surface area contributed by atoms with E-state index >= 15 is 0 Å². The molecule has 0 aromatic carbocycles. The van der Waals surface area contributed by atoms with Crippen LogP contribution in [0.1, 0.15) is 38.9 Å². The van der Waals surface area contributed by atoms with Crippen molar-refractivity contribution in [3.8, 4) is 0 Å². The van der Waals surface area contributed by atoms with Crippen molar-refractivity contribution in [3.63, 3.8) is 0 Å². The molecule has 5 nitrogen and oxygen atoms in total. The molecule has 18 heavy (non-hydrogen) atoms. The molecule has 1 aromatic rings. The summed E-state index contributed by atoms with van der Waals surface area (Å²) in [6.07, 6.45) is 2.48. The number of aromatic amines is 1. The first-order valence-electron chi connectivity index (χ1n) is 6.06. The third kappa shape index (κ3) is 5.00. The van der Waals surface area contributed by atoms with Crippen LogP contribution < -0.4 is 10.9 Å². The van der Waals surface area contributed by atoms with Crippen LogP contribution >= 0.6 is 0 Å². The molecule has 0 aliphatic rings. The van der Waals surface area contributed by atoms with Crippen LogP contribution in [0.4, 0.5) is 5.82 Å². The summed E-state index contributed by atoms with van der Waals surface area (Å²) in [5.41, 5.74) is -0.150. The third-order valence-corrected chi connectivity index (χ3v) is 3.35. The number of hydrogen-bond donors (Lipinski definition) is 2. The maximum atomic E-state index is 11.5. The third-order valence-electron chi connectivity index (χ3n) is 2.54. The summed E-state index contributed by atoms with van der Waals surface area (Å²) >= 11 is 0. The van der Waals surface area contributed by atoms with Gasteiger partial charge in [0.2, 0.25) is 0 Å². The zero-order valence-corrected chi connectivity index (χ0v) is 12.1. The number of nitrogens with one attached hydrogen (secondary N) is 2. The summed E-state index contributed by atoms with van der Waals surface area (Å²) in [6.45, 7) is 5.95. The van der Waals surface area contributed by atoms with E-state index < -0.39 is 10.8 Å². The Kier molecular flexibility index (Phi) is 5.53. The minimum Gasteiger partial charge on any atom is -0.367 e. The lowest BCUT2D eigenvalue weighted by atomic mass is 10.2. The average Bonchev–Trinajstić information content (AvgIpc) is 2.25. The SMILES string of the molecule is CC(CCS(C)=O)Nc1cc(=O)[nH]c(C(C)C)n1. The fourth-order valence-corrected chi connectivity index (χ4v) is 2.18. The second-order valence-corrected chi connectivity index (χ2v) is 6.34. The highest BCUT2D eigenvalue weighted by Gasteiger charge is 2.08. The molecule has 1 aromatic heterocycles. The highest BCUT2D eigenvalue weighted by atomic mass is 32.2. The Morgan fingerprint density at radius 3 is 2.67 bits per heavy atom. The van der Waals surface area contributed by atoms with E-state index in [0.29, 0.717) is 17.4 Å². The number of H-pyrrole nitrogens is 1. The molecule has 2 atom stereocenters. The van der Waals surface area contributed by atoms with Gasteiger partial charge in [-0.2, -0.15) is 0 Å². The zero-order chi connectivity index (χ0) is 13.7. The Bertz CT molecular complexity index is 471. The van der Waals surface area contributed by atoms with Gasteiger partial charge in [-0.05, 0) is 13.3 Å². The van der Waals surface area contributed by atoms with Crippen molar-refractivity contribution >= 4 is 16.6 Å². The monoisotopic (exact) mass is 271 g/mol. The summed E-state index contributed by atoms with van der Waals surface area (Å²) in [7, 11) is -0.789. The van der Waals surface area contributed by atoms with Crippen LogP contribution in [0.25, 0.3) is 0 Å². The first-order chi connectivity index (χ1) is 8.38. The normalized spacial score (nSPS) is 14.5. The van der Waals surface area contributed by atoms with Crippen molar-refractivity contribution in [1.82, 2.24) is 9.97 Å². The molecule has 102 valence electrons. The number of rotatable bonds is 6. The van der Waals surface area contributed by atoms with Gasteiger partial charge in [0.1, 0.15) is 11.6 Å². The fraction of sp³-hybridized carbons (Fsp3) is 0.667. The summed E-state index contributed by atoms with van der Waals surface area (Å²) in [4.78, 5) is 18.6. The largest absolute Gasteiger partial charge is 0.367 e. The molecule has 2 unspecified atom stereocenters. The molecule has 0 aliphatic carbocycles. The van der Waals surface area contributed by atoms with Gasteiger partial charge in [0.15, 0.2) is 0 Å². The van der Waals surface area contributed by atoms with Crippen LogP contribution in [0, 0.1) is 0 Å². The average molecular weight is 271 g/mol. The molecule has 0 spiro atoms. The van der Waals surface area contributed by atoms with Crippen LogP contribution in [0.3, 0.4) is 0 Å². The lowest BCUT2D eigenvalue weighted by Gasteiger charge is -2.14. The number of aromatic nitrogens is 2. The molecule has 0 saturated heterocycles. The lowest BCUT2D eigenvalue weighted by Crippen LogP contribution is -2.21. The van der Waals surface area contributed by atoms with E-state index in [4.69, 9.17) is 0 Å². The van der Waals surface area contributed by atoms with Crippen LogP contribution in [-0.2, 0) is 10.8 Å². The molecule has 0 bridgehead atoms. The molecular formula is C12H21N3O2S. The molecular weight excluding hydrogens is 250 g/mol. The maximum Gasteiger partial charge on any atom is 0.252 e. The molecule has 0 saturated carbocycles. The Hall–Kier alpha value is -1.17.